The van der Waals surface area contributed by atoms with Gasteiger partial charge >= 0.3 is 11.9 Å². The molecule has 0 saturated carbocycles. The Morgan fingerprint density at radius 2 is 0.939 bits per heavy atom. The number of hydrogen-bond acceptors (Lipinski definition) is 12. The van der Waals surface area contributed by atoms with E-state index >= 15 is 0 Å². The summed E-state index contributed by atoms with van der Waals surface area (Å²) in [6, 6.07) is 18.4. The third-order valence-electron chi connectivity index (χ3n) is 13.6. The van der Waals surface area contributed by atoms with Crippen LogP contribution in [-0.4, -0.2) is 123 Å². The van der Waals surface area contributed by atoms with Crippen molar-refractivity contribution in [3.05, 3.63) is 106 Å². The quantitative estimate of drug-likeness (QED) is 0.0199. The lowest BCUT2D eigenvalue weighted by molar-refractivity contribution is -0.941. The van der Waals surface area contributed by atoms with Crippen molar-refractivity contribution in [1.82, 2.24) is 0 Å². The van der Waals surface area contributed by atoms with E-state index in [0.29, 0.717) is 70.5 Å². The Hall–Kier alpha value is -6.12. The zero-order valence-electron chi connectivity index (χ0n) is 39.3. The summed E-state index contributed by atoms with van der Waals surface area (Å²) in [6.07, 6.45) is 9.40. The molecule has 0 spiro atoms. The van der Waals surface area contributed by atoms with Crippen LogP contribution in [0.5, 0.6) is 46.0 Å². The smallest absolute Gasteiger partial charge is 0.306 e. The van der Waals surface area contributed by atoms with E-state index in [1.165, 1.54) is 0 Å². The second kappa shape index (κ2) is 22.4. The molecule has 14 heteroatoms. The molecule has 14 nitrogen and oxygen atoms in total. The van der Waals surface area contributed by atoms with Crippen LogP contribution in [0, 0.1) is 0 Å². The molecule has 6 rings (SSSR count). The number of aromatic hydroxyl groups is 4. The van der Waals surface area contributed by atoms with Gasteiger partial charge in [0.2, 0.25) is 0 Å². The molecule has 2 aliphatic rings. The fraction of sp³-hybridized carbons (Fsp3) is 0.462. The molecular formula is C52H68N2O12+2. The lowest BCUT2D eigenvalue weighted by Crippen LogP contribution is -2.52. The van der Waals surface area contributed by atoms with Gasteiger partial charge in [0.1, 0.15) is 12.1 Å². The molecule has 0 saturated heterocycles. The van der Waals surface area contributed by atoms with Gasteiger partial charge in [-0.1, -0.05) is 24.3 Å². The number of phenols is 4. The normalized spacial score (nSPS) is 20.0. The van der Waals surface area contributed by atoms with Crippen LogP contribution in [0.2, 0.25) is 0 Å². The zero-order valence-corrected chi connectivity index (χ0v) is 39.3. The highest BCUT2D eigenvalue weighted by atomic mass is 16.5. The van der Waals surface area contributed by atoms with E-state index in [9.17, 15) is 30.0 Å². The Kier molecular flexibility index (Phi) is 16.7. The Labute approximate surface area is 388 Å². The summed E-state index contributed by atoms with van der Waals surface area (Å²) in [7, 11) is 10.8. The average Bonchev–Trinajstić information content (AvgIpc) is 3.31. The Morgan fingerprint density at radius 1 is 0.561 bits per heavy atom. The summed E-state index contributed by atoms with van der Waals surface area (Å²) >= 11 is 0. The minimum atomic E-state index is -0.276. The number of nitrogens with zero attached hydrogens (tertiary/aromatic N) is 2. The first kappa shape index (κ1) is 49.3. The molecule has 0 aromatic heterocycles. The number of quaternary nitrogens is 2. The van der Waals surface area contributed by atoms with Crippen molar-refractivity contribution in [3.8, 4) is 46.0 Å². The predicted octanol–water partition coefficient (Wildman–Crippen LogP) is 7.80. The highest BCUT2D eigenvalue weighted by Gasteiger charge is 2.41. The SMILES string of the molecule is COc1ccc(CC2c3cc(O)c(O)cc3CC[N+]2(C)CCCOC(=O)CC/C=C/CCC(=O)OCCC[N+]2(C)CCc3cc(O)c(O)cc3C2Cc2ccc(OC)c(OC)c2)cc1OC. The number of carbonyl (C=O) groups excluding carboxylic acids is 2. The van der Waals surface area contributed by atoms with Gasteiger partial charge in [-0.15, -0.1) is 0 Å². The molecule has 4 N–H and O–H groups in total. The van der Waals surface area contributed by atoms with Crippen LogP contribution in [-0.2, 0) is 44.7 Å². The van der Waals surface area contributed by atoms with Gasteiger partial charge in [-0.05, 0) is 83.6 Å². The minimum Gasteiger partial charge on any atom is -0.504 e. The molecule has 66 heavy (non-hydrogen) atoms. The van der Waals surface area contributed by atoms with Crippen molar-refractivity contribution in [2.75, 3.05) is 81.9 Å². The second-order valence-corrected chi connectivity index (χ2v) is 17.9. The zero-order chi connectivity index (χ0) is 47.4. The van der Waals surface area contributed by atoms with Gasteiger partial charge < -0.3 is 57.8 Å². The molecule has 4 aromatic carbocycles. The van der Waals surface area contributed by atoms with E-state index in [2.05, 4.69) is 14.1 Å². The molecule has 356 valence electrons. The molecule has 2 heterocycles. The highest BCUT2D eigenvalue weighted by molar-refractivity contribution is 5.70. The first-order valence-corrected chi connectivity index (χ1v) is 22.9. The first-order valence-electron chi connectivity index (χ1n) is 22.9. The largest absolute Gasteiger partial charge is 0.504 e. The van der Waals surface area contributed by atoms with E-state index in [0.717, 1.165) is 72.4 Å². The van der Waals surface area contributed by atoms with Crippen LogP contribution in [0.25, 0.3) is 0 Å². The molecule has 0 bridgehead atoms. The number of rotatable bonds is 22. The van der Waals surface area contributed by atoms with Crippen molar-refractivity contribution in [1.29, 1.82) is 0 Å². The Morgan fingerprint density at radius 3 is 1.32 bits per heavy atom. The van der Waals surface area contributed by atoms with Crippen molar-refractivity contribution in [3.63, 3.8) is 0 Å². The van der Waals surface area contributed by atoms with Crippen LogP contribution in [0.1, 0.15) is 84.0 Å². The number of ether oxygens (including phenoxy) is 6. The summed E-state index contributed by atoms with van der Waals surface area (Å²) < 4.78 is 34.6. The fourth-order valence-electron chi connectivity index (χ4n) is 9.72. The minimum absolute atomic E-state index is 0.0242. The van der Waals surface area contributed by atoms with E-state index in [-0.39, 0.29) is 73.1 Å². The predicted molar refractivity (Wildman–Crippen MR) is 250 cm³/mol. The average molecular weight is 913 g/mol. The van der Waals surface area contributed by atoms with E-state index in [4.69, 9.17) is 28.4 Å². The molecule has 0 aliphatic carbocycles. The number of hydrogen-bond donors (Lipinski definition) is 4. The molecule has 0 amide bonds. The van der Waals surface area contributed by atoms with Crippen LogP contribution in [0.4, 0.5) is 0 Å². The van der Waals surface area contributed by atoms with Gasteiger partial charge in [0, 0.05) is 62.5 Å². The van der Waals surface area contributed by atoms with Gasteiger partial charge in [0.15, 0.2) is 46.0 Å². The van der Waals surface area contributed by atoms with Crippen LogP contribution >= 0.6 is 0 Å². The maximum atomic E-state index is 12.7. The standard InChI is InChI=1S/C52H66N2O12/c1-53(23-19-37-31-43(55)45(57)33-39(37)41(53)27-35-15-17-47(61-3)49(29-35)63-5)21-11-25-65-51(59)13-9-7-8-10-14-52(60)66-26-12-22-54(2)24-20-38-32-44(56)46(58)34-40(38)42(54)28-36-16-18-48(62-4)50(30-36)64-6/h7-8,15-18,29-34,41-42H,9-14,19-28H2,1-6H3,(H2-2,55,56,57,58)/p+2/b8-7+. The van der Waals surface area contributed by atoms with Gasteiger partial charge in [-0.3, -0.25) is 9.59 Å². The molecule has 4 atom stereocenters. The van der Waals surface area contributed by atoms with E-state index in [1.807, 2.05) is 48.6 Å². The maximum Gasteiger partial charge on any atom is 0.306 e. The maximum absolute atomic E-state index is 12.7. The second-order valence-electron chi connectivity index (χ2n) is 17.9. The number of likely N-dealkylation sites (N-methyl/N-ethyl adjacent to an activating group) is 2. The Bertz CT molecular complexity index is 2190. The first-order chi connectivity index (χ1) is 31.7. The molecule has 0 fully saturated rings. The summed E-state index contributed by atoms with van der Waals surface area (Å²) in [5.41, 5.74) is 6.11. The van der Waals surface area contributed by atoms with Gasteiger partial charge in [-0.25, -0.2) is 0 Å². The topological polar surface area (TPSA) is 170 Å². The number of benzene rings is 4. The number of esters is 2. The monoisotopic (exact) mass is 912 g/mol. The van der Waals surface area contributed by atoms with E-state index in [1.54, 1.807) is 52.7 Å². The molecular weight excluding hydrogens is 845 g/mol. The number of methoxy groups -OCH3 is 4. The third-order valence-corrected chi connectivity index (χ3v) is 13.6. The summed E-state index contributed by atoms with van der Waals surface area (Å²) in [5.74, 6) is 1.50. The fourth-order valence-corrected chi connectivity index (χ4v) is 9.72. The lowest BCUT2D eigenvalue weighted by Gasteiger charge is -2.46. The Balaban J connectivity index is 0.917. The molecule has 4 aromatic rings. The molecule has 2 aliphatic heterocycles. The van der Waals surface area contributed by atoms with Crippen molar-refractivity contribution in [2.24, 2.45) is 0 Å². The summed E-state index contributed by atoms with van der Waals surface area (Å²) in [4.78, 5) is 25.3. The van der Waals surface area contributed by atoms with Gasteiger partial charge in [0.25, 0.3) is 0 Å². The molecule has 0 radical (unpaired) electrons. The summed E-state index contributed by atoms with van der Waals surface area (Å²) in [5, 5.41) is 41.5. The van der Waals surface area contributed by atoms with Crippen LogP contribution < -0.4 is 18.9 Å². The highest BCUT2D eigenvalue weighted by Crippen LogP contribution is 2.44. The number of fused-ring (bicyclic) bond motifs is 2. The lowest BCUT2D eigenvalue weighted by atomic mass is 9.86. The number of allylic oxidation sites excluding steroid dienone is 2. The number of phenolic OH excluding ortho intramolecular Hbond substituents is 4. The van der Waals surface area contributed by atoms with Crippen molar-refractivity contribution in [2.45, 2.75) is 76.3 Å². The van der Waals surface area contributed by atoms with Crippen molar-refractivity contribution >= 4 is 11.9 Å². The van der Waals surface area contributed by atoms with Gasteiger partial charge in [-0.2, -0.15) is 0 Å². The van der Waals surface area contributed by atoms with Crippen molar-refractivity contribution < 1.29 is 67.4 Å². The van der Waals surface area contributed by atoms with Crippen LogP contribution in [0.3, 0.4) is 0 Å². The summed E-state index contributed by atoms with van der Waals surface area (Å²) in [6.45, 7) is 3.70. The number of carbonyl (C=O) groups is 2. The third kappa shape index (κ3) is 12.0. The van der Waals surface area contributed by atoms with Gasteiger partial charge in [0.05, 0.1) is 81.9 Å². The molecule has 4 unspecified atom stereocenters. The van der Waals surface area contributed by atoms with E-state index < -0.39 is 0 Å². The van der Waals surface area contributed by atoms with Crippen LogP contribution in [0.15, 0.2) is 72.8 Å².